The maximum atomic E-state index is 12.7. The highest BCUT2D eigenvalue weighted by atomic mass is 79.9. The minimum Gasteiger partial charge on any atom is -0.501 e. The molecule has 0 aliphatic carbocycles. The molecular formula is C10H4BrF3N2O3. The van der Waals surface area contributed by atoms with Crippen LogP contribution in [0.15, 0.2) is 26.6 Å². The van der Waals surface area contributed by atoms with Gasteiger partial charge in [0, 0.05) is 9.86 Å². The highest BCUT2D eigenvalue weighted by Crippen LogP contribution is 2.39. The van der Waals surface area contributed by atoms with Crippen molar-refractivity contribution in [3.05, 3.63) is 37.4 Å². The van der Waals surface area contributed by atoms with Gasteiger partial charge in [-0.3, -0.25) is 4.79 Å². The van der Waals surface area contributed by atoms with Gasteiger partial charge in [-0.2, -0.15) is 13.2 Å². The average Bonchev–Trinajstić information content (AvgIpc) is 2.30. The third-order valence-electron chi connectivity index (χ3n) is 2.45. The molecule has 0 bridgehead atoms. The minimum absolute atomic E-state index is 0.0908. The van der Waals surface area contributed by atoms with E-state index in [0.717, 1.165) is 6.07 Å². The molecule has 0 aliphatic rings. The van der Waals surface area contributed by atoms with Crippen LogP contribution in [0.2, 0.25) is 0 Å². The predicted octanol–water partition coefficient (Wildman–Crippen LogP) is 3.41. The summed E-state index contributed by atoms with van der Waals surface area (Å²) in [5, 5.41) is 11.7. The second-order valence-electron chi connectivity index (χ2n) is 3.62. The number of aromatic amines is 1. The summed E-state index contributed by atoms with van der Waals surface area (Å²) < 4.78 is 37.7. The molecule has 0 saturated carbocycles. The zero-order valence-corrected chi connectivity index (χ0v) is 10.5. The summed E-state index contributed by atoms with van der Waals surface area (Å²) in [7, 11) is 0. The zero-order chi connectivity index (χ0) is 14.4. The first-order valence-electron chi connectivity index (χ1n) is 4.74. The number of hydrogen-bond donors (Lipinski definition) is 2. The Morgan fingerprint density at radius 1 is 1.32 bits per heavy atom. The van der Waals surface area contributed by atoms with Gasteiger partial charge in [0.05, 0.1) is 11.1 Å². The molecule has 0 amide bonds. The van der Waals surface area contributed by atoms with Gasteiger partial charge in [-0.15, -0.1) is 4.91 Å². The molecule has 0 spiro atoms. The second-order valence-corrected chi connectivity index (χ2v) is 4.47. The van der Waals surface area contributed by atoms with Gasteiger partial charge >= 0.3 is 6.18 Å². The number of halogens is 4. The van der Waals surface area contributed by atoms with Crippen molar-refractivity contribution in [1.82, 2.24) is 4.98 Å². The van der Waals surface area contributed by atoms with E-state index in [9.17, 15) is 28.0 Å². The molecule has 0 saturated heterocycles. The molecule has 0 atom stereocenters. The first-order valence-corrected chi connectivity index (χ1v) is 5.54. The van der Waals surface area contributed by atoms with Crippen LogP contribution in [0.1, 0.15) is 5.56 Å². The number of hydrogen-bond acceptors (Lipinski definition) is 4. The van der Waals surface area contributed by atoms with Crippen molar-refractivity contribution in [2.75, 3.05) is 0 Å². The zero-order valence-electron chi connectivity index (χ0n) is 8.88. The van der Waals surface area contributed by atoms with Gasteiger partial charge < -0.3 is 10.1 Å². The van der Waals surface area contributed by atoms with E-state index < -0.39 is 28.7 Å². The summed E-state index contributed by atoms with van der Waals surface area (Å²) in [5.41, 5.74) is -2.95. The van der Waals surface area contributed by atoms with Gasteiger partial charge in [0.15, 0.2) is 5.69 Å². The van der Waals surface area contributed by atoms with Crippen molar-refractivity contribution in [3.8, 4) is 5.75 Å². The lowest BCUT2D eigenvalue weighted by Crippen LogP contribution is -2.09. The van der Waals surface area contributed by atoms with Gasteiger partial charge in [-0.1, -0.05) is 15.9 Å². The molecule has 1 heterocycles. The van der Waals surface area contributed by atoms with E-state index in [1.54, 1.807) is 0 Å². The number of pyridine rings is 1. The van der Waals surface area contributed by atoms with Crippen LogP contribution in [-0.2, 0) is 6.18 Å². The average molecular weight is 337 g/mol. The topological polar surface area (TPSA) is 82.5 Å². The number of alkyl halides is 3. The molecule has 100 valence electrons. The van der Waals surface area contributed by atoms with E-state index in [2.05, 4.69) is 21.1 Å². The summed E-state index contributed by atoms with van der Waals surface area (Å²) in [6.07, 6.45) is -4.63. The van der Waals surface area contributed by atoms with Gasteiger partial charge in [0.25, 0.3) is 5.56 Å². The maximum Gasteiger partial charge on any atom is 0.417 e. The van der Waals surface area contributed by atoms with Crippen LogP contribution < -0.4 is 5.56 Å². The second kappa shape index (κ2) is 4.34. The molecule has 1 aromatic carbocycles. The summed E-state index contributed by atoms with van der Waals surface area (Å²) in [4.78, 5) is 23.9. The summed E-state index contributed by atoms with van der Waals surface area (Å²) >= 11 is 2.72. The lowest BCUT2D eigenvalue weighted by atomic mass is 10.1. The summed E-state index contributed by atoms with van der Waals surface area (Å²) in [6, 6.07) is 1.62. The molecule has 0 radical (unpaired) electrons. The lowest BCUT2D eigenvalue weighted by Gasteiger charge is -2.11. The maximum absolute atomic E-state index is 12.7. The Labute approximate surface area is 111 Å². The smallest absolute Gasteiger partial charge is 0.417 e. The highest BCUT2D eigenvalue weighted by molar-refractivity contribution is 9.10. The number of H-pyrrole nitrogens is 1. The van der Waals surface area contributed by atoms with Crippen molar-refractivity contribution in [1.29, 1.82) is 0 Å². The van der Waals surface area contributed by atoms with Gasteiger partial charge in [-0.25, -0.2) is 0 Å². The Kier molecular flexibility index (Phi) is 3.09. The molecular weight excluding hydrogens is 333 g/mol. The Hall–Kier alpha value is -1.90. The number of aromatic nitrogens is 1. The van der Waals surface area contributed by atoms with E-state index in [-0.39, 0.29) is 15.4 Å². The lowest BCUT2D eigenvalue weighted by molar-refractivity contribution is -0.138. The fraction of sp³-hybridized carbons (Fsp3) is 0.100. The van der Waals surface area contributed by atoms with Gasteiger partial charge in [0.2, 0.25) is 5.75 Å². The molecule has 2 N–H and O–H groups in total. The van der Waals surface area contributed by atoms with E-state index in [0.29, 0.717) is 6.07 Å². The van der Waals surface area contributed by atoms with Crippen molar-refractivity contribution in [2.24, 2.45) is 5.18 Å². The van der Waals surface area contributed by atoms with E-state index in [1.807, 2.05) is 4.98 Å². The fourth-order valence-corrected chi connectivity index (χ4v) is 2.17. The largest absolute Gasteiger partial charge is 0.501 e. The van der Waals surface area contributed by atoms with Crippen LogP contribution in [-0.4, -0.2) is 10.1 Å². The molecule has 2 rings (SSSR count). The Bertz CT molecular complexity index is 739. The van der Waals surface area contributed by atoms with Crippen molar-refractivity contribution < 1.29 is 18.3 Å². The molecule has 1 aromatic heterocycles. The molecule has 5 nitrogen and oxygen atoms in total. The third-order valence-corrected chi connectivity index (χ3v) is 3.10. The number of benzene rings is 1. The molecule has 19 heavy (non-hydrogen) atoms. The Morgan fingerprint density at radius 3 is 2.47 bits per heavy atom. The number of nitrogens with zero attached hydrogens (tertiary/aromatic N) is 1. The number of rotatable bonds is 1. The molecule has 0 aliphatic heterocycles. The van der Waals surface area contributed by atoms with E-state index >= 15 is 0 Å². The Balaban J connectivity index is 2.94. The predicted molar refractivity (Wildman–Crippen MR) is 64.4 cm³/mol. The fourth-order valence-electron chi connectivity index (χ4n) is 1.60. The SMILES string of the molecule is O=Nc1c(O)c(=O)[nH]c2cc(C(F)(F)F)c(Br)cc12. The van der Waals surface area contributed by atoms with Crippen LogP contribution in [0, 0.1) is 4.91 Å². The number of nitrogens with one attached hydrogen (secondary N) is 1. The monoisotopic (exact) mass is 336 g/mol. The number of nitroso groups, excluding NO2 is 1. The highest BCUT2D eigenvalue weighted by Gasteiger charge is 2.33. The molecule has 2 aromatic rings. The van der Waals surface area contributed by atoms with Gasteiger partial charge in [0.1, 0.15) is 0 Å². The Morgan fingerprint density at radius 2 is 1.95 bits per heavy atom. The van der Waals surface area contributed by atoms with Crippen molar-refractivity contribution in [3.63, 3.8) is 0 Å². The molecule has 0 fully saturated rings. The standard InChI is InChI=1S/C10H4BrF3N2O3/c11-5-1-3-6(2-4(5)10(12,13)14)15-9(18)8(17)7(3)16-19/h1-2,17H,(H,15,18). The molecule has 9 heteroatoms. The quantitative estimate of drug-likeness (QED) is 0.783. The van der Waals surface area contributed by atoms with Crippen LogP contribution in [0.4, 0.5) is 18.9 Å². The van der Waals surface area contributed by atoms with Crippen molar-refractivity contribution >= 4 is 32.5 Å². The van der Waals surface area contributed by atoms with Crippen molar-refractivity contribution in [2.45, 2.75) is 6.18 Å². The van der Waals surface area contributed by atoms with Crippen LogP contribution in [0.3, 0.4) is 0 Å². The van der Waals surface area contributed by atoms with Crippen LogP contribution in [0.5, 0.6) is 5.75 Å². The number of aromatic hydroxyl groups is 1. The number of fused-ring (bicyclic) bond motifs is 1. The minimum atomic E-state index is -4.63. The normalized spacial score (nSPS) is 11.8. The van der Waals surface area contributed by atoms with E-state index in [4.69, 9.17) is 0 Å². The summed E-state index contributed by atoms with van der Waals surface area (Å²) in [5.74, 6) is -0.936. The van der Waals surface area contributed by atoms with Crippen LogP contribution in [0.25, 0.3) is 10.9 Å². The van der Waals surface area contributed by atoms with Gasteiger partial charge in [-0.05, 0) is 17.3 Å². The molecule has 0 unspecified atom stereocenters. The van der Waals surface area contributed by atoms with Crippen LogP contribution >= 0.6 is 15.9 Å². The third kappa shape index (κ3) is 2.21. The first kappa shape index (κ1) is 13.5. The summed E-state index contributed by atoms with van der Waals surface area (Å²) in [6.45, 7) is 0. The van der Waals surface area contributed by atoms with E-state index in [1.165, 1.54) is 0 Å². The first-order chi connectivity index (χ1) is 8.75.